The van der Waals surface area contributed by atoms with E-state index in [0.29, 0.717) is 0 Å². The number of carbonyl (C=O) groups excluding carboxylic acids is 1. The average molecular weight is 274 g/mol. The molecule has 3 rings (SSSR count). The van der Waals surface area contributed by atoms with Gasteiger partial charge in [0.05, 0.1) is 12.1 Å². The standard InChI is InChI=1S/C16H22N2O2/c1-20-14-7-4-8-18(11-14)16(19)15-9-12-5-2-3-6-13(12)10-17-15/h2-3,5-6,14-15,17H,4,7-11H2,1H3/t14-,15+/m1/s1. The third kappa shape index (κ3) is 2.72. The van der Waals surface area contributed by atoms with E-state index in [0.717, 1.165) is 38.9 Å². The fraction of sp³-hybridized carbons (Fsp3) is 0.562. The number of likely N-dealkylation sites (tertiary alicyclic amines) is 1. The van der Waals surface area contributed by atoms with Gasteiger partial charge in [0.2, 0.25) is 5.91 Å². The Hall–Kier alpha value is -1.39. The van der Waals surface area contributed by atoms with E-state index < -0.39 is 0 Å². The molecule has 0 unspecified atom stereocenters. The van der Waals surface area contributed by atoms with Gasteiger partial charge >= 0.3 is 0 Å². The van der Waals surface area contributed by atoms with E-state index in [1.54, 1.807) is 7.11 Å². The summed E-state index contributed by atoms with van der Waals surface area (Å²) in [6, 6.07) is 8.28. The number of rotatable bonds is 2. The molecule has 0 saturated carbocycles. The molecule has 0 radical (unpaired) electrons. The van der Waals surface area contributed by atoms with Crippen LogP contribution in [0.5, 0.6) is 0 Å². The van der Waals surface area contributed by atoms with Gasteiger partial charge in [0, 0.05) is 26.7 Å². The summed E-state index contributed by atoms with van der Waals surface area (Å²) in [6.07, 6.45) is 3.08. The molecule has 2 aliphatic rings. The number of nitrogens with zero attached hydrogens (tertiary/aromatic N) is 1. The highest BCUT2D eigenvalue weighted by atomic mass is 16.5. The summed E-state index contributed by atoms with van der Waals surface area (Å²) < 4.78 is 5.40. The minimum atomic E-state index is -0.0829. The van der Waals surface area contributed by atoms with Gasteiger partial charge in [-0.2, -0.15) is 0 Å². The summed E-state index contributed by atoms with van der Waals surface area (Å²) in [7, 11) is 1.73. The van der Waals surface area contributed by atoms with E-state index in [4.69, 9.17) is 4.74 Å². The number of amides is 1. The highest BCUT2D eigenvalue weighted by Crippen LogP contribution is 2.19. The second kappa shape index (κ2) is 5.94. The Morgan fingerprint density at radius 2 is 2.15 bits per heavy atom. The van der Waals surface area contributed by atoms with Crippen LogP contribution in [0, 0.1) is 0 Å². The summed E-state index contributed by atoms with van der Waals surface area (Å²) >= 11 is 0. The zero-order valence-corrected chi connectivity index (χ0v) is 12.0. The lowest BCUT2D eigenvalue weighted by Gasteiger charge is -2.36. The zero-order valence-electron chi connectivity index (χ0n) is 12.0. The third-order valence-electron chi connectivity index (χ3n) is 4.40. The second-order valence-electron chi connectivity index (χ2n) is 5.69. The van der Waals surface area contributed by atoms with Gasteiger partial charge in [0.25, 0.3) is 0 Å². The number of methoxy groups -OCH3 is 1. The minimum absolute atomic E-state index is 0.0829. The van der Waals surface area contributed by atoms with Gasteiger partial charge in [-0.15, -0.1) is 0 Å². The number of benzene rings is 1. The molecule has 1 N–H and O–H groups in total. The summed E-state index contributed by atoms with van der Waals surface area (Å²) in [5, 5.41) is 3.37. The molecule has 1 saturated heterocycles. The van der Waals surface area contributed by atoms with E-state index in [-0.39, 0.29) is 18.1 Å². The van der Waals surface area contributed by atoms with Crippen LogP contribution in [0.15, 0.2) is 24.3 Å². The summed E-state index contributed by atoms with van der Waals surface area (Å²) in [6.45, 7) is 2.38. The monoisotopic (exact) mass is 274 g/mol. The molecule has 2 aliphatic heterocycles. The van der Waals surface area contributed by atoms with Crippen molar-refractivity contribution in [3.05, 3.63) is 35.4 Å². The maximum Gasteiger partial charge on any atom is 0.240 e. The van der Waals surface area contributed by atoms with Crippen LogP contribution in [0.4, 0.5) is 0 Å². The fourth-order valence-electron chi connectivity index (χ4n) is 3.18. The van der Waals surface area contributed by atoms with Crippen LogP contribution >= 0.6 is 0 Å². The molecule has 0 aliphatic carbocycles. The largest absolute Gasteiger partial charge is 0.380 e. The van der Waals surface area contributed by atoms with Crippen molar-refractivity contribution in [2.24, 2.45) is 0 Å². The second-order valence-corrected chi connectivity index (χ2v) is 5.69. The van der Waals surface area contributed by atoms with Crippen LogP contribution in [0.1, 0.15) is 24.0 Å². The van der Waals surface area contributed by atoms with Crippen LogP contribution in [0.25, 0.3) is 0 Å². The van der Waals surface area contributed by atoms with Gasteiger partial charge in [0.1, 0.15) is 0 Å². The molecule has 0 spiro atoms. The van der Waals surface area contributed by atoms with E-state index in [1.165, 1.54) is 11.1 Å². The van der Waals surface area contributed by atoms with Gasteiger partial charge in [0.15, 0.2) is 0 Å². The van der Waals surface area contributed by atoms with Crippen LogP contribution in [0.2, 0.25) is 0 Å². The Bertz CT molecular complexity index is 489. The molecule has 1 aromatic carbocycles. The Morgan fingerprint density at radius 3 is 2.95 bits per heavy atom. The van der Waals surface area contributed by atoms with E-state index in [9.17, 15) is 4.79 Å². The lowest BCUT2D eigenvalue weighted by molar-refractivity contribution is -0.137. The van der Waals surface area contributed by atoms with Crippen LogP contribution in [-0.2, 0) is 22.5 Å². The zero-order chi connectivity index (χ0) is 13.9. The van der Waals surface area contributed by atoms with Crippen molar-refractivity contribution in [3.63, 3.8) is 0 Å². The van der Waals surface area contributed by atoms with Gasteiger partial charge in [-0.25, -0.2) is 0 Å². The van der Waals surface area contributed by atoms with Gasteiger partial charge in [-0.3, -0.25) is 4.79 Å². The van der Waals surface area contributed by atoms with Crippen LogP contribution < -0.4 is 5.32 Å². The van der Waals surface area contributed by atoms with Crippen molar-refractivity contribution in [1.29, 1.82) is 0 Å². The molecule has 108 valence electrons. The van der Waals surface area contributed by atoms with Crippen LogP contribution in [-0.4, -0.2) is 43.2 Å². The highest BCUT2D eigenvalue weighted by Gasteiger charge is 2.30. The van der Waals surface area contributed by atoms with E-state index >= 15 is 0 Å². The maximum atomic E-state index is 12.6. The number of ether oxygens (including phenoxy) is 1. The molecule has 1 aromatic rings. The van der Waals surface area contributed by atoms with Crippen molar-refractivity contribution in [2.45, 2.75) is 38.0 Å². The average Bonchev–Trinajstić information content (AvgIpc) is 2.53. The van der Waals surface area contributed by atoms with Gasteiger partial charge in [-0.05, 0) is 30.4 Å². The fourth-order valence-corrected chi connectivity index (χ4v) is 3.18. The van der Waals surface area contributed by atoms with Crippen LogP contribution in [0.3, 0.4) is 0 Å². The quantitative estimate of drug-likeness (QED) is 0.885. The van der Waals surface area contributed by atoms with Crippen molar-refractivity contribution < 1.29 is 9.53 Å². The lowest BCUT2D eigenvalue weighted by Crippen LogP contribution is -2.53. The number of hydrogen-bond acceptors (Lipinski definition) is 3. The number of fused-ring (bicyclic) bond motifs is 1. The number of nitrogens with one attached hydrogen (secondary N) is 1. The van der Waals surface area contributed by atoms with Gasteiger partial charge < -0.3 is 15.0 Å². The third-order valence-corrected chi connectivity index (χ3v) is 4.40. The first-order valence-corrected chi connectivity index (χ1v) is 7.39. The number of piperidine rings is 1. The molecule has 20 heavy (non-hydrogen) atoms. The molecule has 0 aromatic heterocycles. The van der Waals surface area contributed by atoms with Gasteiger partial charge in [-0.1, -0.05) is 24.3 Å². The molecule has 4 nitrogen and oxygen atoms in total. The number of hydrogen-bond donors (Lipinski definition) is 1. The van der Waals surface area contributed by atoms with Crippen molar-refractivity contribution in [1.82, 2.24) is 10.2 Å². The van der Waals surface area contributed by atoms with Crippen molar-refractivity contribution in [2.75, 3.05) is 20.2 Å². The first-order valence-electron chi connectivity index (χ1n) is 7.39. The van der Waals surface area contributed by atoms with Crippen molar-refractivity contribution in [3.8, 4) is 0 Å². The topological polar surface area (TPSA) is 41.6 Å². The van der Waals surface area contributed by atoms with E-state index in [2.05, 4.69) is 23.5 Å². The molecule has 1 fully saturated rings. The molecule has 1 amide bonds. The minimum Gasteiger partial charge on any atom is -0.380 e. The van der Waals surface area contributed by atoms with Crippen molar-refractivity contribution >= 4 is 5.91 Å². The first-order chi connectivity index (χ1) is 9.78. The predicted molar refractivity (Wildman–Crippen MR) is 77.4 cm³/mol. The normalized spacial score (nSPS) is 26.1. The molecule has 0 bridgehead atoms. The molecule has 4 heteroatoms. The SMILES string of the molecule is CO[C@@H]1CCCN(C(=O)[C@@H]2Cc3ccccc3CN2)C1. The molecular weight excluding hydrogens is 252 g/mol. The first kappa shape index (κ1) is 13.6. The highest BCUT2D eigenvalue weighted by molar-refractivity contribution is 5.82. The Labute approximate surface area is 120 Å². The maximum absolute atomic E-state index is 12.6. The summed E-state index contributed by atoms with van der Waals surface area (Å²) in [5.41, 5.74) is 2.61. The Balaban J connectivity index is 1.67. The Kier molecular flexibility index (Phi) is 4.03. The number of carbonyl (C=O) groups is 1. The molecular formula is C16H22N2O2. The lowest BCUT2D eigenvalue weighted by atomic mass is 9.94. The smallest absolute Gasteiger partial charge is 0.240 e. The summed E-state index contributed by atoms with van der Waals surface area (Å²) in [4.78, 5) is 14.6. The molecule has 2 heterocycles. The predicted octanol–water partition coefficient (Wildman–Crippen LogP) is 1.34. The molecule has 2 atom stereocenters. The summed E-state index contributed by atoms with van der Waals surface area (Å²) in [5.74, 6) is 0.223. The van der Waals surface area contributed by atoms with E-state index in [1.807, 2.05) is 11.0 Å². The Morgan fingerprint density at radius 1 is 1.35 bits per heavy atom.